The highest BCUT2D eigenvalue weighted by Gasteiger charge is 2.22. The van der Waals surface area contributed by atoms with Crippen LogP contribution in [0, 0.1) is 11.8 Å². The van der Waals surface area contributed by atoms with Crippen molar-refractivity contribution in [2.75, 3.05) is 18.9 Å². The number of nitrogens with one attached hydrogen (secondary N) is 1. The second-order valence-electron chi connectivity index (χ2n) is 12.8. The second-order valence-corrected chi connectivity index (χ2v) is 12.8. The number of unbranched alkanes of at least 4 members (excludes halogenated alkanes) is 13. The number of allylic oxidation sites excluding steroid dienone is 2. The Kier molecular flexibility index (Phi) is 19.6. The fourth-order valence-electron chi connectivity index (χ4n) is 5.28. The number of imidazole rings is 1. The molecule has 0 saturated carbocycles. The second kappa shape index (κ2) is 23.2. The van der Waals surface area contributed by atoms with Crippen molar-refractivity contribution >= 4 is 29.1 Å². The molecule has 0 bridgehead atoms. The summed E-state index contributed by atoms with van der Waals surface area (Å²) in [7, 11) is 0. The maximum absolute atomic E-state index is 12.4. The van der Waals surface area contributed by atoms with Crippen molar-refractivity contribution in [3.8, 4) is 0 Å². The molecule has 2 aromatic rings. The maximum atomic E-state index is 12.4. The van der Waals surface area contributed by atoms with E-state index >= 15 is 0 Å². The van der Waals surface area contributed by atoms with Gasteiger partial charge in [-0.3, -0.25) is 19.4 Å². The summed E-state index contributed by atoms with van der Waals surface area (Å²) in [6.45, 7) is 6.56. The van der Waals surface area contributed by atoms with Crippen LogP contribution in [0.3, 0.4) is 0 Å². The van der Waals surface area contributed by atoms with Crippen molar-refractivity contribution in [2.45, 2.75) is 143 Å². The number of H-pyrrole nitrogens is 1. The van der Waals surface area contributed by atoms with Crippen molar-refractivity contribution in [1.29, 1.82) is 0 Å². The van der Waals surface area contributed by atoms with Crippen LogP contribution in [0.1, 0.15) is 130 Å². The number of fused-ring (bicyclic) bond motifs is 1. The molecule has 0 radical (unpaired) electrons. The van der Waals surface area contributed by atoms with Crippen molar-refractivity contribution in [3.05, 3.63) is 28.8 Å². The summed E-state index contributed by atoms with van der Waals surface area (Å²) >= 11 is 0. The number of hydrogen-bond donors (Lipinski definition) is 3. The molecule has 0 fully saturated rings. The van der Waals surface area contributed by atoms with Crippen LogP contribution in [0.4, 0.5) is 5.95 Å². The largest absolute Gasteiger partial charge is 0.466 e. The van der Waals surface area contributed by atoms with Crippen molar-refractivity contribution in [1.82, 2.24) is 19.5 Å². The number of carbonyl (C=O) groups excluding carboxylic acids is 2. The molecule has 2 aromatic heterocycles. The van der Waals surface area contributed by atoms with Gasteiger partial charge in [0.25, 0.3) is 5.56 Å². The van der Waals surface area contributed by atoms with E-state index in [0.717, 1.165) is 19.3 Å². The Hall–Kier alpha value is -3.21. The Morgan fingerprint density at radius 3 is 2.17 bits per heavy atom. The molecule has 2 rings (SSSR count). The van der Waals surface area contributed by atoms with E-state index < -0.39 is 17.6 Å². The van der Waals surface area contributed by atoms with Gasteiger partial charge in [-0.25, -0.2) is 4.98 Å². The quantitative estimate of drug-likeness (QED) is 0.0581. The molecule has 0 unspecified atom stereocenters. The number of nitrogens with zero attached hydrogens (tertiary/aromatic N) is 3. The Bertz CT molecular complexity index is 1220. The first kappa shape index (κ1) is 39.0. The number of aromatic amines is 1. The van der Waals surface area contributed by atoms with Crippen LogP contribution in [-0.2, 0) is 25.6 Å². The Morgan fingerprint density at radius 2 is 1.54 bits per heavy atom. The van der Waals surface area contributed by atoms with Crippen LogP contribution in [0.5, 0.6) is 0 Å². The maximum Gasteiger partial charge on any atom is 0.323 e. The minimum absolute atomic E-state index is 0.0131. The first-order valence-corrected chi connectivity index (χ1v) is 17.7. The minimum Gasteiger partial charge on any atom is -0.466 e. The summed E-state index contributed by atoms with van der Waals surface area (Å²) in [5.74, 6) is -1.01. The van der Waals surface area contributed by atoms with Crippen LogP contribution in [-0.4, -0.2) is 50.7 Å². The van der Waals surface area contributed by atoms with Crippen LogP contribution < -0.4 is 17.0 Å². The van der Waals surface area contributed by atoms with E-state index in [1.54, 1.807) is 4.57 Å². The molecule has 46 heavy (non-hydrogen) atoms. The Morgan fingerprint density at radius 1 is 0.935 bits per heavy atom. The number of rotatable bonds is 26. The monoisotopic (exact) mass is 644 g/mol. The normalized spacial score (nSPS) is 13.1. The van der Waals surface area contributed by atoms with Crippen LogP contribution in [0.25, 0.3) is 11.2 Å². The van der Waals surface area contributed by atoms with Gasteiger partial charge < -0.3 is 25.5 Å². The van der Waals surface area contributed by atoms with Crippen LogP contribution in [0.15, 0.2) is 23.3 Å². The van der Waals surface area contributed by atoms with Gasteiger partial charge in [0.05, 0.1) is 19.5 Å². The summed E-state index contributed by atoms with van der Waals surface area (Å²) in [5, 5.41) is 0. The van der Waals surface area contributed by atoms with E-state index in [9.17, 15) is 14.4 Å². The SMILES string of the molecule is CCCCCCCC/C=C/CCCCCCCCCC(=O)OCC[C@@H](COC(=O)[C@@H](N)C(C)C)Cn1cnc2c(=O)[nH]c(N)nc21. The number of hydrogen-bond acceptors (Lipinski definition) is 9. The van der Waals surface area contributed by atoms with Gasteiger partial charge in [0.1, 0.15) is 6.04 Å². The van der Waals surface area contributed by atoms with Crippen molar-refractivity contribution < 1.29 is 19.1 Å². The number of ether oxygens (including phenoxy) is 2. The van der Waals surface area contributed by atoms with E-state index in [4.69, 9.17) is 20.9 Å². The molecule has 11 nitrogen and oxygen atoms in total. The fourth-order valence-corrected chi connectivity index (χ4v) is 5.28. The highest BCUT2D eigenvalue weighted by Crippen LogP contribution is 2.16. The molecular formula is C35H60N6O5. The zero-order valence-corrected chi connectivity index (χ0v) is 28.6. The highest BCUT2D eigenvalue weighted by molar-refractivity contribution is 5.75. The topological polar surface area (TPSA) is 168 Å². The number of anilines is 1. The van der Waals surface area contributed by atoms with Gasteiger partial charge >= 0.3 is 11.9 Å². The third-order valence-electron chi connectivity index (χ3n) is 8.33. The molecule has 2 atom stereocenters. The lowest BCUT2D eigenvalue weighted by atomic mass is 10.1. The first-order valence-electron chi connectivity index (χ1n) is 17.7. The molecule has 2 heterocycles. The highest BCUT2D eigenvalue weighted by atomic mass is 16.5. The zero-order valence-electron chi connectivity index (χ0n) is 28.6. The van der Waals surface area contributed by atoms with Gasteiger partial charge in [-0.1, -0.05) is 97.1 Å². The average molecular weight is 645 g/mol. The van der Waals surface area contributed by atoms with Gasteiger partial charge in [-0.05, 0) is 44.4 Å². The molecule has 11 heteroatoms. The zero-order chi connectivity index (χ0) is 33.6. The van der Waals surface area contributed by atoms with E-state index in [1.165, 1.54) is 83.4 Å². The number of aromatic nitrogens is 4. The molecule has 0 amide bonds. The lowest BCUT2D eigenvalue weighted by molar-refractivity contribution is -0.149. The molecule has 0 aliphatic heterocycles. The van der Waals surface area contributed by atoms with Crippen molar-refractivity contribution in [3.63, 3.8) is 0 Å². The summed E-state index contributed by atoms with van der Waals surface area (Å²) in [4.78, 5) is 47.7. The number of nitrogen functional groups attached to an aromatic ring is 1. The van der Waals surface area contributed by atoms with Crippen molar-refractivity contribution in [2.24, 2.45) is 17.6 Å². The molecule has 0 aliphatic rings. The summed E-state index contributed by atoms with van der Waals surface area (Å²) in [6.07, 6.45) is 25.5. The Labute approximate surface area is 275 Å². The molecule has 0 aliphatic carbocycles. The molecule has 260 valence electrons. The molecule has 5 N–H and O–H groups in total. The smallest absolute Gasteiger partial charge is 0.323 e. The standard InChI is InChI=1S/C35H60N6O5/c1-4-5-6-7-8-9-10-11-12-13-14-15-16-17-18-19-20-21-29(42)45-23-22-28(25-46-34(44)30(36)27(2)3)24-41-26-38-31-32(41)39-35(37)40-33(31)43/h11-12,26-28,30H,4-10,13-25,36H2,1-3H3,(H3,37,39,40,43)/b12-11+/t28-,30+/m1/s1. The average Bonchev–Trinajstić information content (AvgIpc) is 3.43. The first-order chi connectivity index (χ1) is 22.2. The van der Waals surface area contributed by atoms with Gasteiger partial charge in [-0.15, -0.1) is 0 Å². The van der Waals surface area contributed by atoms with Gasteiger partial charge in [0.15, 0.2) is 11.2 Å². The summed E-state index contributed by atoms with van der Waals surface area (Å²) < 4.78 is 12.7. The molecule has 0 aromatic carbocycles. The summed E-state index contributed by atoms with van der Waals surface area (Å²) in [5.41, 5.74) is 11.7. The van der Waals surface area contributed by atoms with Gasteiger partial charge in [0.2, 0.25) is 5.95 Å². The number of nitrogens with two attached hydrogens (primary N) is 2. The van der Waals surface area contributed by atoms with Gasteiger partial charge in [-0.2, -0.15) is 4.98 Å². The lowest BCUT2D eigenvalue weighted by Gasteiger charge is -2.20. The summed E-state index contributed by atoms with van der Waals surface area (Å²) in [6, 6.07) is -0.728. The van der Waals surface area contributed by atoms with Crippen LogP contribution in [0.2, 0.25) is 0 Å². The number of esters is 2. The van der Waals surface area contributed by atoms with E-state index in [1.807, 2.05) is 13.8 Å². The molecule has 0 spiro atoms. The minimum atomic E-state index is -0.728. The predicted octanol–water partition coefficient (Wildman–Crippen LogP) is 6.60. The third-order valence-corrected chi connectivity index (χ3v) is 8.33. The fraction of sp³-hybridized carbons (Fsp3) is 0.743. The predicted molar refractivity (Wildman–Crippen MR) is 184 cm³/mol. The molecule has 0 saturated heterocycles. The third kappa shape index (κ3) is 15.9. The molecular weight excluding hydrogens is 584 g/mol. The lowest BCUT2D eigenvalue weighted by Crippen LogP contribution is -2.38. The van der Waals surface area contributed by atoms with E-state index in [-0.39, 0.29) is 42.5 Å². The van der Waals surface area contributed by atoms with Crippen LogP contribution >= 0.6 is 0 Å². The van der Waals surface area contributed by atoms with Gasteiger partial charge in [0, 0.05) is 18.9 Å². The Balaban J connectivity index is 1.63. The van der Waals surface area contributed by atoms with E-state index in [2.05, 4.69) is 34.0 Å². The number of carbonyl (C=O) groups is 2. The van der Waals surface area contributed by atoms with E-state index in [0.29, 0.717) is 25.0 Å².